The van der Waals surface area contributed by atoms with Gasteiger partial charge in [-0.2, -0.15) is 0 Å². The Morgan fingerprint density at radius 1 is 1.22 bits per heavy atom. The summed E-state index contributed by atoms with van der Waals surface area (Å²) in [7, 11) is 0. The fourth-order valence-electron chi connectivity index (χ4n) is 2.65. The van der Waals surface area contributed by atoms with Crippen LogP contribution in [0.15, 0.2) is 47.5 Å². The highest BCUT2D eigenvalue weighted by Crippen LogP contribution is 2.20. The maximum absolute atomic E-state index is 12.5. The predicted octanol–water partition coefficient (Wildman–Crippen LogP) is 1.49. The van der Waals surface area contributed by atoms with Crippen molar-refractivity contribution in [2.24, 2.45) is 0 Å². The standard InChI is InChI=1S/C18H20N4O4S/c23-17(24)10-22-8-9-26-11-14(22)18(25)19-15-6-7-16(21-20-15)27-12-13-4-2-1-3-5-13/h1-7,14H,8-12H2,(H,23,24)(H,19,20,25)/t14-/m0/s1. The first-order valence-corrected chi connectivity index (χ1v) is 9.45. The molecule has 0 spiro atoms. The van der Waals surface area contributed by atoms with Crippen LogP contribution in [-0.2, 0) is 20.1 Å². The van der Waals surface area contributed by atoms with Crippen LogP contribution in [0.5, 0.6) is 0 Å². The lowest BCUT2D eigenvalue weighted by atomic mass is 10.2. The molecule has 1 saturated heterocycles. The summed E-state index contributed by atoms with van der Waals surface area (Å²) in [6.45, 7) is 0.745. The molecule has 1 fully saturated rings. The summed E-state index contributed by atoms with van der Waals surface area (Å²) < 4.78 is 5.31. The monoisotopic (exact) mass is 388 g/mol. The van der Waals surface area contributed by atoms with Crippen LogP contribution in [0.4, 0.5) is 5.82 Å². The number of hydrogen-bond donors (Lipinski definition) is 2. The normalized spacial score (nSPS) is 17.4. The highest BCUT2D eigenvalue weighted by atomic mass is 32.2. The van der Waals surface area contributed by atoms with Crippen LogP contribution in [0.3, 0.4) is 0 Å². The van der Waals surface area contributed by atoms with Crippen molar-refractivity contribution in [3.63, 3.8) is 0 Å². The van der Waals surface area contributed by atoms with Crippen LogP contribution in [0, 0.1) is 0 Å². The van der Waals surface area contributed by atoms with Gasteiger partial charge >= 0.3 is 5.97 Å². The molecule has 9 heteroatoms. The Balaban J connectivity index is 1.55. The molecule has 2 heterocycles. The van der Waals surface area contributed by atoms with E-state index in [1.807, 2.05) is 30.3 Å². The van der Waals surface area contributed by atoms with E-state index in [2.05, 4.69) is 15.5 Å². The molecule has 2 N–H and O–H groups in total. The van der Waals surface area contributed by atoms with Gasteiger partial charge in [0, 0.05) is 12.3 Å². The second kappa shape index (κ2) is 9.45. The number of anilines is 1. The van der Waals surface area contributed by atoms with Crippen LogP contribution < -0.4 is 5.32 Å². The number of benzene rings is 1. The number of hydrogen-bond acceptors (Lipinski definition) is 7. The van der Waals surface area contributed by atoms with E-state index in [0.717, 1.165) is 10.8 Å². The van der Waals surface area contributed by atoms with Gasteiger partial charge in [-0.05, 0) is 17.7 Å². The van der Waals surface area contributed by atoms with Crippen molar-refractivity contribution >= 4 is 29.5 Å². The molecule has 1 amide bonds. The Labute approximate surface area is 160 Å². The predicted molar refractivity (Wildman–Crippen MR) is 100 cm³/mol. The third-order valence-corrected chi connectivity index (χ3v) is 4.99. The zero-order valence-electron chi connectivity index (χ0n) is 14.6. The van der Waals surface area contributed by atoms with Crippen LogP contribution in [0.1, 0.15) is 5.56 Å². The van der Waals surface area contributed by atoms with Crippen molar-refractivity contribution < 1.29 is 19.4 Å². The van der Waals surface area contributed by atoms with Crippen molar-refractivity contribution in [3.8, 4) is 0 Å². The van der Waals surface area contributed by atoms with E-state index < -0.39 is 12.0 Å². The lowest BCUT2D eigenvalue weighted by molar-refractivity contribution is -0.142. The quantitative estimate of drug-likeness (QED) is 0.688. The average molecular weight is 388 g/mol. The molecular formula is C18H20N4O4S. The maximum atomic E-state index is 12.5. The van der Waals surface area contributed by atoms with E-state index in [1.165, 1.54) is 5.56 Å². The number of thioether (sulfide) groups is 1. The van der Waals surface area contributed by atoms with E-state index in [4.69, 9.17) is 9.84 Å². The average Bonchev–Trinajstić information content (AvgIpc) is 2.68. The van der Waals surface area contributed by atoms with Crippen molar-refractivity contribution in [3.05, 3.63) is 48.0 Å². The number of carbonyl (C=O) groups excluding carboxylic acids is 1. The van der Waals surface area contributed by atoms with E-state index in [0.29, 0.717) is 19.0 Å². The molecule has 1 atom stereocenters. The maximum Gasteiger partial charge on any atom is 0.317 e. The Bertz CT molecular complexity index is 773. The number of aliphatic carboxylic acids is 1. The fourth-order valence-corrected chi connectivity index (χ4v) is 3.42. The molecule has 0 unspecified atom stereocenters. The van der Waals surface area contributed by atoms with Gasteiger partial charge in [0.15, 0.2) is 5.82 Å². The minimum atomic E-state index is -0.978. The minimum Gasteiger partial charge on any atom is -0.480 e. The molecule has 1 aliphatic heterocycles. The number of morpholine rings is 1. The molecule has 27 heavy (non-hydrogen) atoms. The minimum absolute atomic E-state index is 0.150. The molecule has 3 rings (SSSR count). The third kappa shape index (κ3) is 5.75. The second-order valence-electron chi connectivity index (χ2n) is 5.98. The van der Waals surface area contributed by atoms with Gasteiger partial charge in [0.1, 0.15) is 11.1 Å². The Morgan fingerprint density at radius 3 is 2.74 bits per heavy atom. The van der Waals surface area contributed by atoms with Crippen LogP contribution in [0.25, 0.3) is 0 Å². The van der Waals surface area contributed by atoms with Crippen molar-refractivity contribution in [2.45, 2.75) is 16.8 Å². The summed E-state index contributed by atoms with van der Waals surface area (Å²) >= 11 is 1.56. The highest BCUT2D eigenvalue weighted by Gasteiger charge is 2.31. The number of rotatable bonds is 7. The molecule has 8 nitrogen and oxygen atoms in total. The fraction of sp³-hybridized carbons (Fsp3) is 0.333. The number of ether oxygens (including phenoxy) is 1. The van der Waals surface area contributed by atoms with Crippen LogP contribution in [-0.4, -0.2) is 64.4 Å². The first kappa shape index (κ1) is 19.3. The SMILES string of the molecule is O=C(O)CN1CCOC[C@H]1C(=O)Nc1ccc(SCc2ccccc2)nn1. The molecule has 0 radical (unpaired) electrons. The first-order valence-electron chi connectivity index (χ1n) is 8.47. The molecule has 0 bridgehead atoms. The van der Waals surface area contributed by atoms with Crippen LogP contribution >= 0.6 is 11.8 Å². The number of carbonyl (C=O) groups is 2. The number of aromatic nitrogens is 2. The number of nitrogens with zero attached hydrogens (tertiary/aromatic N) is 3. The summed E-state index contributed by atoms with van der Waals surface area (Å²) in [5.74, 6) is -0.223. The second-order valence-corrected chi connectivity index (χ2v) is 6.97. The van der Waals surface area contributed by atoms with Crippen molar-refractivity contribution in [1.29, 1.82) is 0 Å². The zero-order chi connectivity index (χ0) is 19.1. The van der Waals surface area contributed by atoms with E-state index in [9.17, 15) is 9.59 Å². The van der Waals surface area contributed by atoms with E-state index in [1.54, 1.807) is 28.8 Å². The number of nitrogens with one attached hydrogen (secondary N) is 1. The van der Waals surface area contributed by atoms with Gasteiger partial charge in [0.25, 0.3) is 0 Å². The van der Waals surface area contributed by atoms with Gasteiger partial charge in [-0.15, -0.1) is 10.2 Å². The molecular weight excluding hydrogens is 368 g/mol. The third-order valence-electron chi connectivity index (χ3n) is 4.00. The number of amides is 1. The van der Waals surface area contributed by atoms with Gasteiger partial charge in [-0.1, -0.05) is 42.1 Å². The Kier molecular flexibility index (Phi) is 6.74. The summed E-state index contributed by atoms with van der Waals surface area (Å²) in [5.41, 5.74) is 1.19. The molecule has 142 valence electrons. The summed E-state index contributed by atoms with van der Waals surface area (Å²) in [5, 5.41) is 20.6. The largest absolute Gasteiger partial charge is 0.480 e. The smallest absolute Gasteiger partial charge is 0.317 e. The lowest BCUT2D eigenvalue weighted by Gasteiger charge is -2.32. The van der Waals surface area contributed by atoms with Gasteiger partial charge in [0.2, 0.25) is 5.91 Å². The van der Waals surface area contributed by atoms with Gasteiger partial charge < -0.3 is 15.2 Å². The molecule has 1 aromatic carbocycles. The van der Waals surface area contributed by atoms with Crippen LogP contribution in [0.2, 0.25) is 0 Å². The van der Waals surface area contributed by atoms with Crippen molar-refractivity contribution in [2.75, 3.05) is 31.6 Å². The summed E-state index contributed by atoms with van der Waals surface area (Å²) in [6, 6.07) is 12.9. The molecule has 1 aromatic heterocycles. The van der Waals surface area contributed by atoms with Crippen molar-refractivity contribution in [1.82, 2.24) is 15.1 Å². The number of carboxylic acid groups (broad SMARTS) is 1. The molecule has 1 aliphatic rings. The molecule has 0 aliphatic carbocycles. The summed E-state index contributed by atoms with van der Waals surface area (Å²) in [6.07, 6.45) is 0. The Hall–Kier alpha value is -2.49. The van der Waals surface area contributed by atoms with Gasteiger partial charge in [0.05, 0.1) is 19.8 Å². The summed E-state index contributed by atoms with van der Waals surface area (Å²) in [4.78, 5) is 25.0. The highest BCUT2D eigenvalue weighted by molar-refractivity contribution is 7.98. The number of carboxylic acids is 1. The topological polar surface area (TPSA) is 105 Å². The van der Waals surface area contributed by atoms with Gasteiger partial charge in [-0.3, -0.25) is 14.5 Å². The molecule has 0 saturated carbocycles. The van der Waals surface area contributed by atoms with Gasteiger partial charge in [-0.25, -0.2) is 0 Å². The van der Waals surface area contributed by atoms with E-state index >= 15 is 0 Å². The first-order chi connectivity index (χ1) is 13.1. The Morgan fingerprint density at radius 2 is 2.04 bits per heavy atom. The lowest BCUT2D eigenvalue weighted by Crippen LogP contribution is -2.53. The zero-order valence-corrected chi connectivity index (χ0v) is 15.4. The molecule has 2 aromatic rings. The van der Waals surface area contributed by atoms with E-state index in [-0.39, 0.29) is 19.1 Å².